The van der Waals surface area contributed by atoms with Crippen molar-refractivity contribution >= 4 is 15.9 Å². The van der Waals surface area contributed by atoms with Crippen LogP contribution < -0.4 is 5.32 Å². The van der Waals surface area contributed by atoms with Crippen LogP contribution in [-0.2, 0) is 10.0 Å². The Labute approximate surface area is 152 Å². The third-order valence-electron chi connectivity index (χ3n) is 4.26. The van der Waals surface area contributed by atoms with E-state index in [1.807, 2.05) is 20.8 Å². The van der Waals surface area contributed by atoms with Gasteiger partial charge in [-0.2, -0.15) is 4.31 Å². The summed E-state index contributed by atoms with van der Waals surface area (Å²) in [5.74, 6) is 0.507. The van der Waals surface area contributed by atoms with Crippen LogP contribution in [0, 0.1) is 5.92 Å². The van der Waals surface area contributed by atoms with Gasteiger partial charge in [0.25, 0.3) is 5.91 Å². The Kier molecular flexibility index (Phi) is 8.59. The molecule has 0 bridgehead atoms. The van der Waals surface area contributed by atoms with Crippen LogP contribution in [-0.4, -0.2) is 37.8 Å². The summed E-state index contributed by atoms with van der Waals surface area (Å²) in [6.45, 7) is 10.8. The molecule has 0 unspecified atom stereocenters. The number of hydrogen-bond donors (Lipinski definition) is 1. The summed E-state index contributed by atoms with van der Waals surface area (Å²) in [6, 6.07) is 6.27. The Morgan fingerprint density at radius 1 is 1.04 bits per heavy atom. The average Bonchev–Trinajstić information content (AvgIpc) is 2.55. The van der Waals surface area contributed by atoms with Gasteiger partial charge in [0.15, 0.2) is 0 Å². The first-order valence-corrected chi connectivity index (χ1v) is 10.6. The molecule has 1 atom stereocenters. The molecule has 0 spiro atoms. The van der Waals surface area contributed by atoms with Crippen LogP contribution in [0.3, 0.4) is 0 Å². The van der Waals surface area contributed by atoms with E-state index in [0.717, 1.165) is 19.3 Å². The number of sulfonamides is 1. The Balaban J connectivity index is 2.71. The van der Waals surface area contributed by atoms with Gasteiger partial charge in [-0.25, -0.2) is 8.42 Å². The van der Waals surface area contributed by atoms with Gasteiger partial charge >= 0.3 is 0 Å². The number of benzene rings is 1. The van der Waals surface area contributed by atoms with Crippen LogP contribution in [0.2, 0.25) is 0 Å². The van der Waals surface area contributed by atoms with Gasteiger partial charge in [0.05, 0.1) is 4.90 Å². The number of rotatable bonds is 10. The third-order valence-corrected chi connectivity index (χ3v) is 6.32. The van der Waals surface area contributed by atoms with Crippen LogP contribution >= 0.6 is 0 Å². The first kappa shape index (κ1) is 21.6. The molecule has 1 amide bonds. The number of hydrogen-bond acceptors (Lipinski definition) is 3. The van der Waals surface area contributed by atoms with Gasteiger partial charge in [0.1, 0.15) is 0 Å². The highest BCUT2D eigenvalue weighted by atomic mass is 32.2. The van der Waals surface area contributed by atoms with Crippen molar-refractivity contribution in [3.05, 3.63) is 29.8 Å². The Morgan fingerprint density at radius 3 is 2.08 bits per heavy atom. The number of carbonyl (C=O) groups is 1. The largest absolute Gasteiger partial charge is 0.350 e. The van der Waals surface area contributed by atoms with Crippen molar-refractivity contribution in [2.75, 3.05) is 13.1 Å². The molecular formula is C19H32N2O3S. The molecule has 0 aliphatic carbocycles. The van der Waals surface area contributed by atoms with E-state index in [4.69, 9.17) is 0 Å². The van der Waals surface area contributed by atoms with E-state index in [2.05, 4.69) is 19.2 Å². The summed E-state index contributed by atoms with van der Waals surface area (Å²) in [6.07, 6.45) is 3.18. The first-order valence-electron chi connectivity index (χ1n) is 9.13. The van der Waals surface area contributed by atoms with E-state index in [0.29, 0.717) is 24.6 Å². The van der Waals surface area contributed by atoms with Crippen LogP contribution in [0.4, 0.5) is 0 Å². The predicted octanol–water partition coefficient (Wildman–Crippen LogP) is 3.66. The summed E-state index contributed by atoms with van der Waals surface area (Å²) < 4.78 is 26.3. The second-order valence-corrected chi connectivity index (χ2v) is 8.75. The minimum Gasteiger partial charge on any atom is -0.350 e. The fourth-order valence-corrected chi connectivity index (χ4v) is 4.16. The lowest BCUT2D eigenvalue weighted by atomic mass is 10.0. The molecule has 1 aromatic carbocycles. The first-order chi connectivity index (χ1) is 11.7. The second kappa shape index (κ2) is 9.92. The van der Waals surface area contributed by atoms with E-state index in [9.17, 15) is 13.2 Å². The summed E-state index contributed by atoms with van der Waals surface area (Å²) in [5, 5.41) is 2.97. The van der Waals surface area contributed by atoms with Crippen molar-refractivity contribution in [1.82, 2.24) is 9.62 Å². The number of nitrogens with zero attached hydrogens (tertiary/aromatic N) is 1. The molecule has 0 fully saturated rings. The average molecular weight is 369 g/mol. The summed E-state index contributed by atoms with van der Waals surface area (Å²) in [7, 11) is -3.49. The molecule has 25 heavy (non-hydrogen) atoms. The molecule has 1 aromatic rings. The van der Waals surface area contributed by atoms with Gasteiger partial charge in [0.2, 0.25) is 10.0 Å². The van der Waals surface area contributed by atoms with Crippen LogP contribution in [0.5, 0.6) is 0 Å². The van der Waals surface area contributed by atoms with Crippen molar-refractivity contribution in [3.8, 4) is 0 Å². The molecule has 0 aromatic heterocycles. The number of nitrogens with one attached hydrogen (secondary N) is 1. The molecule has 0 saturated heterocycles. The zero-order valence-electron chi connectivity index (χ0n) is 16.1. The summed E-state index contributed by atoms with van der Waals surface area (Å²) in [5.41, 5.74) is 0.481. The monoisotopic (exact) mass is 368 g/mol. The van der Waals surface area contributed by atoms with E-state index >= 15 is 0 Å². The van der Waals surface area contributed by atoms with Crippen molar-refractivity contribution in [1.29, 1.82) is 0 Å². The van der Waals surface area contributed by atoms with Crippen molar-refractivity contribution in [2.45, 2.75) is 64.8 Å². The smallest absolute Gasteiger partial charge is 0.251 e. The quantitative estimate of drug-likeness (QED) is 0.685. The lowest BCUT2D eigenvalue weighted by Gasteiger charge is -2.18. The molecule has 0 aliphatic heterocycles. The predicted molar refractivity (Wildman–Crippen MR) is 102 cm³/mol. The van der Waals surface area contributed by atoms with Crippen LogP contribution in [0.1, 0.15) is 64.2 Å². The lowest BCUT2D eigenvalue weighted by molar-refractivity contribution is 0.0937. The highest BCUT2D eigenvalue weighted by Crippen LogP contribution is 2.16. The zero-order chi connectivity index (χ0) is 19.0. The van der Waals surface area contributed by atoms with E-state index in [1.54, 1.807) is 12.1 Å². The topological polar surface area (TPSA) is 66.5 Å². The molecule has 1 N–H and O–H groups in total. The fourth-order valence-electron chi connectivity index (χ4n) is 2.70. The Hall–Kier alpha value is -1.40. The van der Waals surface area contributed by atoms with E-state index in [-0.39, 0.29) is 16.8 Å². The van der Waals surface area contributed by atoms with Crippen molar-refractivity contribution < 1.29 is 13.2 Å². The normalized spacial score (nSPS) is 13.2. The summed E-state index contributed by atoms with van der Waals surface area (Å²) >= 11 is 0. The molecule has 142 valence electrons. The fraction of sp³-hybridized carbons (Fsp3) is 0.632. The lowest BCUT2D eigenvalue weighted by Crippen LogP contribution is -2.33. The number of carbonyl (C=O) groups excluding carboxylic acids is 1. The van der Waals surface area contributed by atoms with Gasteiger partial charge < -0.3 is 5.32 Å². The van der Waals surface area contributed by atoms with Crippen LogP contribution in [0.15, 0.2) is 29.2 Å². The maximum atomic E-state index is 12.5. The molecule has 6 heteroatoms. The summed E-state index contributed by atoms with van der Waals surface area (Å²) in [4.78, 5) is 12.5. The van der Waals surface area contributed by atoms with Crippen molar-refractivity contribution in [2.24, 2.45) is 5.92 Å². The molecule has 0 radical (unpaired) electrons. The highest BCUT2D eigenvalue weighted by Gasteiger charge is 2.21. The van der Waals surface area contributed by atoms with Gasteiger partial charge in [-0.15, -0.1) is 0 Å². The molecule has 0 heterocycles. The molecule has 0 saturated carbocycles. The standard InChI is InChI=1S/C19H32N2O3S/c1-6-21(7-2)25(23,24)18-13-11-17(12-14-18)19(22)20-16(5)10-8-9-15(3)4/h11-16H,6-10H2,1-5H3,(H,20,22)/t16-/m0/s1. The highest BCUT2D eigenvalue weighted by molar-refractivity contribution is 7.89. The minimum atomic E-state index is -3.49. The van der Waals surface area contributed by atoms with Gasteiger partial charge in [0, 0.05) is 24.7 Å². The van der Waals surface area contributed by atoms with Crippen molar-refractivity contribution in [3.63, 3.8) is 0 Å². The molecule has 5 nitrogen and oxygen atoms in total. The Morgan fingerprint density at radius 2 is 1.60 bits per heavy atom. The zero-order valence-corrected chi connectivity index (χ0v) is 16.9. The Bertz CT molecular complexity index is 635. The van der Waals surface area contributed by atoms with Gasteiger partial charge in [-0.1, -0.05) is 40.5 Å². The molecule has 1 rings (SSSR count). The van der Waals surface area contributed by atoms with E-state index in [1.165, 1.54) is 16.4 Å². The molecular weight excluding hydrogens is 336 g/mol. The maximum absolute atomic E-state index is 12.5. The van der Waals surface area contributed by atoms with Gasteiger partial charge in [-0.3, -0.25) is 4.79 Å². The number of amides is 1. The third kappa shape index (κ3) is 6.44. The van der Waals surface area contributed by atoms with Gasteiger partial charge in [-0.05, 0) is 43.5 Å². The minimum absolute atomic E-state index is 0.102. The maximum Gasteiger partial charge on any atom is 0.251 e. The van der Waals surface area contributed by atoms with Crippen LogP contribution in [0.25, 0.3) is 0 Å². The SMILES string of the molecule is CCN(CC)S(=O)(=O)c1ccc(C(=O)N[C@@H](C)CCCC(C)C)cc1. The second-order valence-electron chi connectivity index (χ2n) is 6.81. The molecule has 0 aliphatic rings. The van der Waals surface area contributed by atoms with E-state index < -0.39 is 10.0 Å².